The predicted molar refractivity (Wildman–Crippen MR) is 132 cm³/mol. The molecule has 7 nitrogen and oxygen atoms in total. The molecule has 0 saturated carbocycles. The number of rotatable bonds is 8. The van der Waals surface area contributed by atoms with Crippen LogP contribution in [0.5, 0.6) is 0 Å². The predicted octanol–water partition coefficient (Wildman–Crippen LogP) is 3.83. The topological polar surface area (TPSA) is 96.2 Å². The van der Waals surface area contributed by atoms with Crippen LogP contribution in [0, 0.1) is 0 Å². The maximum Gasteiger partial charge on any atom is 0.251 e. The van der Waals surface area contributed by atoms with Crippen LogP contribution in [-0.4, -0.2) is 39.4 Å². The van der Waals surface area contributed by atoms with Crippen molar-refractivity contribution in [2.75, 3.05) is 11.9 Å². The van der Waals surface area contributed by atoms with Gasteiger partial charge in [0.2, 0.25) is 5.91 Å². The van der Waals surface area contributed by atoms with Gasteiger partial charge in [-0.25, -0.2) is 4.68 Å². The minimum absolute atomic E-state index is 0.158. The summed E-state index contributed by atoms with van der Waals surface area (Å²) in [6.45, 7) is 1.29. The van der Waals surface area contributed by atoms with Crippen LogP contribution in [0.2, 0.25) is 0 Å². The summed E-state index contributed by atoms with van der Waals surface area (Å²) in [4.78, 5) is 24.5. The van der Waals surface area contributed by atoms with Gasteiger partial charge in [0, 0.05) is 24.1 Å². The van der Waals surface area contributed by atoms with E-state index in [9.17, 15) is 14.7 Å². The molecule has 0 fully saturated rings. The number of benzene rings is 3. The lowest BCUT2D eigenvalue weighted by Gasteiger charge is -2.16. The molecule has 7 heteroatoms. The highest BCUT2D eigenvalue weighted by molar-refractivity contribution is 5.94. The largest absolute Gasteiger partial charge is 0.394 e. The van der Waals surface area contributed by atoms with Crippen LogP contribution in [0.25, 0.3) is 16.9 Å². The third kappa shape index (κ3) is 5.57. The molecule has 0 bridgehead atoms. The van der Waals surface area contributed by atoms with Crippen LogP contribution in [0.15, 0.2) is 91.0 Å². The van der Waals surface area contributed by atoms with Gasteiger partial charge >= 0.3 is 0 Å². The van der Waals surface area contributed by atoms with Crippen LogP contribution >= 0.6 is 0 Å². The maximum absolute atomic E-state index is 12.8. The molecule has 0 radical (unpaired) electrons. The highest BCUT2D eigenvalue weighted by Gasteiger charge is 2.16. The van der Waals surface area contributed by atoms with Crippen LogP contribution in [0.4, 0.5) is 5.82 Å². The van der Waals surface area contributed by atoms with E-state index in [1.807, 2.05) is 66.7 Å². The number of nitrogens with zero attached hydrogens (tertiary/aromatic N) is 2. The summed E-state index contributed by atoms with van der Waals surface area (Å²) < 4.78 is 1.64. The molecule has 0 aliphatic heterocycles. The Morgan fingerprint density at radius 3 is 2.21 bits per heavy atom. The third-order valence-electron chi connectivity index (χ3n) is 5.34. The van der Waals surface area contributed by atoms with Gasteiger partial charge in [-0.3, -0.25) is 9.59 Å². The van der Waals surface area contributed by atoms with Crippen molar-refractivity contribution >= 4 is 17.6 Å². The molecule has 4 aromatic rings. The number of anilines is 1. The second-order valence-corrected chi connectivity index (χ2v) is 7.96. The second-order valence-electron chi connectivity index (χ2n) is 7.96. The molecule has 0 unspecified atom stereocenters. The number of aliphatic hydroxyl groups excluding tert-OH is 1. The Hall–Kier alpha value is -4.23. The molecule has 2 amide bonds. The molecule has 1 aromatic heterocycles. The van der Waals surface area contributed by atoms with Gasteiger partial charge in [0.1, 0.15) is 5.82 Å². The highest BCUT2D eigenvalue weighted by atomic mass is 16.3. The Kier molecular flexibility index (Phi) is 7.15. The van der Waals surface area contributed by atoms with Gasteiger partial charge in [0.25, 0.3) is 5.91 Å². The van der Waals surface area contributed by atoms with Gasteiger partial charge < -0.3 is 15.7 Å². The lowest BCUT2D eigenvalue weighted by atomic mass is 10.1. The Morgan fingerprint density at radius 2 is 1.59 bits per heavy atom. The van der Waals surface area contributed by atoms with Crippen molar-refractivity contribution in [3.8, 4) is 16.9 Å². The quantitative estimate of drug-likeness (QED) is 0.377. The number of amides is 2. The molecular formula is C27H26N4O3. The maximum atomic E-state index is 12.8. The minimum atomic E-state index is -0.388. The zero-order chi connectivity index (χ0) is 23.9. The Morgan fingerprint density at radius 1 is 0.941 bits per heavy atom. The van der Waals surface area contributed by atoms with E-state index >= 15 is 0 Å². The zero-order valence-corrected chi connectivity index (χ0v) is 18.8. The average Bonchev–Trinajstić information content (AvgIpc) is 3.28. The third-order valence-corrected chi connectivity index (χ3v) is 5.34. The molecule has 4 rings (SSSR count). The fourth-order valence-corrected chi connectivity index (χ4v) is 3.68. The zero-order valence-electron chi connectivity index (χ0n) is 18.8. The summed E-state index contributed by atoms with van der Waals surface area (Å²) >= 11 is 0. The van der Waals surface area contributed by atoms with E-state index in [0.717, 1.165) is 16.8 Å². The van der Waals surface area contributed by atoms with Crippen molar-refractivity contribution in [1.82, 2.24) is 15.1 Å². The molecule has 0 aliphatic rings. The molecule has 1 atom stereocenters. The number of aromatic nitrogens is 2. The van der Waals surface area contributed by atoms with Crippen LogP contribution < -0.4 is 10.6 Å². The number of carbonyl (C=O) groups is 2. The summed E-state index contributed by atoms with van der Waals surface area (Å²) in [6.07, 6.45) is 0.538. The van der Waals surface area contributed by atoms with Crippen molar-refractivity contribution in [3.05, 3.63) is 102 Å². The fourth-order valence-electron chi connectivity index (χ4n) is 3.68. The molecule has 1 heterocycles. The van der Waals surface area contributed by atoms with Crippen molar-refractivity contribution in [2.45, 2.75) is 19.4 Å². The lowest BCUT2D eigenvalue weighted by molar-refractivity contribution is -0.114. The average molecular weight is 455 g/mol. The van der Waals surface area contributed by atoms with Gasteiger partial charge in [0.05, 0.1) is 24.0 Å². The van der Waals surface area contributed by atoms with Crippen LogP contribution in [0.3, 0.4) is 0 Å². The SMILES string of the molecule is CC(=O)Nc1cc(-c2ccccc2)nn1-c1ccc(C(=O)N[C@H](CO)Cc2ccccc2)cc1. The van der Waals surface area contributed by atoms with E-state index in [1.54, 1.807) is 28.9 Å². The van der Waals surface area contributed by atoms with E-state index in [-0.39, 0.29) is 24.5 Å². The van der Waals surface area contributed by atoms with Gasteiger partial charge in [-0.1, -0.05) is 60.7 Å². The summed E-state index contributed by atoms with van der Waals surface area (Å²) in [7, 11) is 0. The van der Waals surface area contributed by atoms with Gasteiger partial charge in [-0.15, -0.1) is 0 Å². The second kappa shape index (κ2) is 10.6. The normalized spacial score (nSPS) is 11.6. The first-order valence-electron chi connectivity index (χ1n) is 11.0. The fraction of sp³-hybridized carbons (Fsp3) is 0.148. The first-order chi connectivity index (χ1) is 16.5. The molecule has 0 spiro atoms. The monoisotopic (exact) mass is 454 g/mol. The molecule has 3 aromatic carbocycles. The summed E-state index contributed by atoms with van der Waals surface area (Å²) in [6, 6.07) is 27.8. The van der Waals surface area contributed by atoms with Crippen LogP contribution in [-0.2, 0) is 11.2 Å². The lowest BCUT2D eigenvalue weighted by Crippen LogP contribution is -2.39. The van der Waals surface area contributed by atoms with Crippen LogP contribution in [0.1, 0.15) is 22.8 Å². The van der Waals surface area contributed by atoms with Gasteiger partial charge in [-0.2, -0.15) is 5.10 Å². The minimum Gasteiger partial charge on any atom is -0.394 e. The molecule has 0 aliphatic carbocycles. The number of carbonyl (C=O) groups excluding carboxylic acids is 2. The molecule has 0 saturated heterocycles. The molecule has 3 N–H and O–H groups in total. The molecule has 172 valence electrons. The van der Waals surface area contributed by atoms with Crippen molar-refractivity contribution < 1.29 is 14.7 Å². The Bertz CT molecular complexity index is 1250. The Labute approximate surface area is 198 Å². The van der Waals surface area contributed by atoms with Gasteiger partial charge in [-0.05, 0) is 36.2 Å². The molecular weight excluding hydrogens is 428 g/mol. The van der Waals surface area contributed by atoms with Crippen molar-refractivity contribution in [2.24, 2.45) is 0 Å². The first kappa shape index (κ1) is 22.9. The summed E-state index contributed by atoms with van der Waals surface area (Å²) in [5.74, 6) is 0.0611. The summed E-state index contributed by atoms with van der Waals surface area (Å²) in [5.41, 5.74) is 3.85. The first-order valence-corrected chi connectivity index (χ1v) is 11.0. The summed E-state index contributed by atoms with van der Waals surface area (Å²) in [5, 5.41) is 20.1. The van der Waals surface area contributed by atoms with E-state index in [2.05, 4.69) is 15.7 Å². The number of hydrogen-bond donors (Lipinski definition) is 3. The van der Waals surface area contributed by atoms with E-state index in [4.69, 9.17) is 0 Å². The van der Waals surface area contributed by atoms with Gasteiger partial charge in [0.15, 0.2) is 0 Å². The van der Waals surface area contributed by atoms with E-state index in [1.165, 1.54) is 6.92 Å². The number of nitrogens with one attached hydrogen (secondary N) is 2. The van der Waals surface area contributed by atoms with Crippen molar-refractivity contribution in [1.29, 1.82) is 0 Å². The van der Waals surface area contributed by atoms with Crippen molar-refractivity contribution in [3.63, 3.8) is 0 Å². The standard InChI is InChI=1S/C27H26N4O3/c1-19(33)28-26-17-25(21-10-6-3-7-11-21)30-31(26)24-14-12-22(13-15-24)27(34)29-23(18-32)16-20-8-4-2-5-9-20/h2-15,17,23,32H,16,18H2,1H3,(H,28,33)(H,29,34)/t23-/m0/s1. The smallest absolute Gasteiger partial charge is 0.251 e. The van der Waals surface area contributed by atoms with E-state index in [0.29, 0.717) is 23.5 Å². The number of aliphatic hydroxyl groups is 1. The highest BCUT2D eigenvalue weighted by Crippen LogP contribution is 2.25. The molecule has 34 heavy (non-hydrogen) atoms. The Balaban J connectivity index is 1.53. The van der Waals surface area contributed by atoms with E-state index < -0.39 is 0 Å². The number of hydrogen-bond acceptors (Lipinski definition) is 4.